The molecule has 0 aromatic heterocycles. The summed E-state index contributed by atoms with van der Waals surface area (Å²) >= 11 is 0. The van der Waals surface area contributed by atoms with Crippen molar-refractivity contribution in [3.8, 4) is 0 Å². The number of piperidine rings is 1. The second-order valence-electron chi connectivity index (χ2n) is 3.76. The molecule has 1 nitrogen and oxygen atoms in total. The van der Waals surface area contributed by atoms with Crippen molar-refractivity contribution in [1.82, 2.24) is 5.32 Å². The Morgan fingerprint density at radius 3 is 2.36 bits per heavy atom. The molecule has 3 heteroatoms. The molecule has 1 saturated heterocycles. The fourth-order valence-electron chi connectivity index (χ4n) is 2.23. The number of rotatable bonds is 1. The van der Waals surface area contributed by atoms with Crippen LogP contribution < -0.4 is 5.32 Å². The molecule has 1 N–H and O–H groups in total. The Kier molecular flexibility index (Phi) is 1.63. The molecule has 0 radical (unpaired) electrons. The molecule has 0 bridgehead atoms. The minimum absolute atomic E-state index is 0.0550. The van der Waals surface area contributed by atoms with E-state index in [9.17, 15) is 8.78 Å². The zero-order chi connectivity index (χ0) is 7.90. The van der Waals surface area contributed by atoms with Crippen LogP contribution in [-0.2, 0) is 0 Å². The standard InChI is InChI=1S/C8H13F2N/c9-7(10)6-5-8(6)1-3-11-4-2-8/h6-7,11H,1-5H2. The Balaban J connectivity index is 1.93. The lowest BCUT2D eigenvalue weighted by Crippen LogP contribution is -2.30. The summed E-state index contributed by atoms with van der Waals surface area (Å²) in [5.41, 5.74) is 0.0550. The fourth-order valence-corrected chi connectivity index (χ4v) is 2.23. The van der Waals surface area contributed by atoms with Crippen LogP contribution in [0.25, 0.3) is 0 Å². The summed E-state index contributed by atoms with van der Waals surface area (Å²) in [5.74, 6) is -0.274. The molecule has 1 aliphatic carbocycles. The van der Waals surface area contributed by atoms with Crippen LogP contribution in [-0.4, -0.2) is 19.5 Å². The van der Waals surface area contributed by atoms with Crippen LogP contribution in [0.15, 0.2) is 0 Å². The molecule has 1 aliphatic heterocycles. The first-order chi connectivity index (χ1) is 5.25. The van der Waals surface area contributed by atoms with Crippen molar-refractivity contribution in [1.29, 1.82) is 0 Å². The highest BCUT2D eigenvalue weighted by Gasteiger charge is 2.58. The van der Waals surface area contributed by atoms with Crippen molar-refractivity contribution >= 4 is 0 Å². The second kappa shape index (κ2) is 2.41. The Morgan fingerprint density at radius 2 is 1.91 bits per heavy atom. The van der Waals surface area contributed by atoms with Gasteiger partial charge in [0.05, 0.1) is 0 Å². The minimum atomic E-state index is -2.08. The third-order valence-corrected chi connectivity index (χ3v) is 3.16. The monoisotopic (exact) mass is 161 g/mol. The largest absolute Gasteiger partial charge is 0.317 e. The maximum Gasteiger partial charge on any atom is 0.241 e. The molecule has 11 heavy (non-hydrogen) atoms. The Bertz CT molecular complexity index is 152. The van der Waals surface area contributed by atoms with Gasteiger partial charge in [-0.1, -0.05) is 0 Å². The molecule has 2 rings (SSSR count). The van der Waals surface area contributed by atoms with E-state index in [2.05, 4.69) is 5.32 Å². The Morgan fingerprint density at radius 1 is 1.27 bits per heavy atom. The first-order valence-corrected chi connectivity index (χ1v) is 4.23. The summed E-state index contributed by atoms with van der Waals surface area (Å²) in [7, 11) is 0. The van der Waals surface area contributed by atoms with Crippen LogP contribution in [0.2, 0.25) is 0 Å². The van der Waals surface area contributed by atoms with Gasteiger partial charge in [0.25, 0.3) is 0 Å². The highest BCUT2D eigenvalue weighted by atomic mass is 19.3. The molecule has 1 atom stereocenters. The molecular weight excluding hydrogens is 148 g/mol. The van der Waals surface area contributed by atoms with Gasteiger partial charge in [-0.25, -0.2) is 8.78 Å². The summed E-state index contributed by atoms with van der Waals surface area (Å²) < 4.78 is 24.5. The van der Waals surface area contributed by atoms with E-state index in [0.717, 1.165) is 32.4 Å². The molecule has 2 fully saturated rings. The van der Waals surface area contributed by atoms with Crippen LogP contribution in [0.3, 0.4) is 0 Å². The van der Waals surface area contributed by atoms with E-state index in [4.69, 9.17) is 0 Å². The first-order valence-electron chi connectivity index (χ1n) is 4.23. The van der Waals surface area contributed by atoms with Gasteiger partial charge in [-0.3, -0.25) is 0 Å². The van der Waals surface area contributed by atoms with Crippen molar-refractivity contribution in [2.24, 2.45) is 11.3 Å². The van der Waals surface area contributed by atoms with Gasteiger partial charge in [-0.2, -0.15) is 0 Å². The molecule has 0 aromatic carbocycles. The van der Waals surface area contributed by atoms with E-state index in [0.29, 0.717) is 0 Å². The summed E-state index contributed by atoms with van der Waals surface area (Å²) in [6.45, 7) is 1.87. The van der Waals surface area contributed by atoms with E-state index in [1.165, 1.54) is 0 Å². The molecule has 2 aliphatic rings. The van der Waals surface area contributed by atoms with Crippen LogP contribution in [0, 0.1) is 11.3 Å². The molecule has 0 amide bonds. The number of hydrogen-bond donors (Lipinski definition) is 1. The van der Waals surface area contributed by atoms with Crippen molar-refractivity contribution in [2.75, 3.05) is 13.1 Å². The number of hydrogen-bond acceptors (Lipinski definition) is 1. The Labute approximate surface area is 65.2 Å². The summed E-state index contributed by atoms with van der Waals surface area (Å²) in [6, 6.07) is 0. The summed E-state index contributed by atoms with van der Waals surface area (Å²) in [5, 5.41) is 3.19. The number of nitrogens with one attached hydrogen (secondary N) is 1. The second-order valence-corrected chi connectivity index (χ2v) is 3.76. The average molecular weight is 161 g/mol. The number of alkyl halides is 2. The molecule has 0 aromatic rings. The van der Waals surface area contributed by atoms with Gasteiger partial charge in [0.2, 0.25) is 6.43 Å². The zero-order valence-corrected chi connectivity index (χ0v) is 6.45. The van der Waals surface area contributed by atoms with Crippen LogP contribution in [0.5, 0.6) is 0 Å². The van der Waals surface area contributed by atoms with Crippen molar-refractivity contribution < 1.29 is 8.78 Å². The average Bonchev–Trinajstić information content (AvgIpc) is 2.66. The molecule has 1 unspecified atom stereocenters. The highest BCUT2D eigenvalue weighted by molar-refractivity contribution is 5.05. The predicted molar refractivity (Wildman–Crippen MR) is 38.6 cm³/mol. The van der Waals surface area contributed by atoms with Gasteiger partial charge < -0.3 is 5.32 Å². The smallest absolute Gasteiger partial charge is 0.241 e. The summed E-state index contributed by atoms with van der Waals surface area (Å²) in [6.07, 6.45) is 0.615. The topological polar surface area (TPSA) is 12.0 Å². The van der Waals surface area contributed by atoms with Crippen molar-refractivity contribution in [3.05, 3.63) is 0 Å². The SMILES string of the molecule is FC(F)C1CC12CCNCC2. The van der Waals surface area contributed by atoms with Gasteiger partial charge in [-0.15, -0.1) is 0 Å². The number of halogens is 2. The molecule has 1 heterocycles. The van der Waals surface area contributed by atoms with E-state index >= 15 is 0 Å². The van der Waals surface area contributed by atoms with Crippen LogP contribution >= 0.6 is 0 Å². The maximum atomic E-state index is 12.2. The molecular formula is C8H13F2N. The Hall–Kier alpha value is -0.180. The van der Waals surface area contributed by atoms with Gasteiger partial charge >= 0.3 is 0 Å². The lowest BCUT2D eigenvalue weighted by atomic mass is 9.92. The maximum absolute atomic E-state index is 12.2. The quantitative estimate of drug-likeness (QED) is 0.616. The van der Waals surface area contributed by atoms with Crippen LogP contribution in [0.4, 0.5) is 8.78 Å². The van der Waals surface area contributed by atoms with Gasteiger partial charge in [0, 0.05) is 5.92 Å². The highest BCUT2D eigenvalue weighted by Crippen LogP contribution is 2.60. The van der Waals surface area contributed by atoms with Gasteiger partial charge in [0.1, 0.15) is 0 Å². The predicted octanol–water partition coefficient (Wildman–Crippen LogP) is 1.64. The third kappa shape index (κ3) is 1.15. The minimum Gasteiger partial charge on any atom is -0.317 e. The lowest BCUT2D eigenvalue weighted by Gasteiger charge is -2.23. The molecule has 1 spiro atoms. The normalized spacial score (nSPS) is 34.6. The zero-order valence-electron chi connectivity index (χ0n) is 6.45. The van der Waals surface area contributed by atoms with E-state index in [1.807, 2.05) is 0 Å². The first kappa shape index (κ1) is 7.47. The third-order valence-electron chi connectivity index (χ3n) is 3.16. The van der Waals surface area contributed by atoms with E-state index < -0.39 is 6.43 Å². The molecule has 1 saturated carbocycles. The lowest BCUT2D eigenvalue weighted by molar-refractivity contribution is 0.0958. The van der Waals surface area contributed by atoms with E-state index in [-0.39, 0.29) is 11.3 Å². The van der Waals surface area contributed by atoms with Crippen molar-refractivity contribution in [2.45, 2.75) is 25.7 Å². The summed E-state index contributed by atoms with van der Waals surface area (Å²) in [4.78, 5) is 0. The molecule has 64 valence electrons. The van der Waals surface area contributed by atoms with Crippen molar-refractivity contribution in [3.63, 3.8) is 0 Å². The van der Waals surface area contributed by atoms with E-state index in [1.54, 1.807) is 0 Å². The fraction of sp³-hybridized carbons (Fsp3) is 1.00. The van der Waals surface area contributed by atoms with Crippen LogP contribution in [0.1, 0.15) is 19.3 Å². The van der Waals surface area contributed by atoms with Gasteiger partial charge in [-0.05, 0) is 37.8 Å². The van der Waals surface area contributed by atoms with Gasteiger partial charge in [0.15, 0.2) is 0 Å².